The zero-order valence-corrected chi connectivity index (χ0v) is 8.35. The molecule has 4 heteroatoms. The average molecular weight is 187 g/mol. The van der Waals surface area contributed by atoms with Crippen molar-refractivity contribution in [3.05, 3.63) is 0 Å². The topological polar surface area (TPSA) is 29.5 Å². The Morgan fingerprint density at radius 3 is 2.58 bits per heavy atom. The molecule has 1 aliphatic heterocycles. The normalized spacial score (nSPS) is 28.9. The number of ether oxygens (including phenoxy) is 1. The molecule has 0 radical (unpaired) electrons. The van der Waals surface area contributed by atoms with Crippen molar-refractivity contribution in [1.82, 2.24) is 4.90 Å². The maximum Gasteiger partial charge on any atom is 0.266 e. The second-order valence-corrected chi connectivity index (χ2v) is 3.30. The lowest BCUT2D eigenvalue weighted by atomic mass is 10.2. The number of nitrogens with zero attached hydrogens (tertiary/aromatic N) is 1. The predicted octanol–water partition coefficient (Wildman–Crippen LogP) is 1.32. The number of carbonyl (C=O) groups excluding carboxylic acids is 1. The molecule has 0 bridgehead atoms. The molecule has 0 spiro atoms. The van der Waals surface area contributed by atoms with E-state index in [2.05, 4.69) is 0 Å². The molecule has 1 saturated heterocycles. The molecule has 1 rings (SSSR count). The van der Waals surface area contributed by atoms with Crippen molar-refractivity contribution in [3.63, 3.8) is 0 Å². The summed E-state index contributed by atoms with van der Waals surface area (Å²) < 4.78 is 5.25. The monoisotopic (exact) mass is 187 g/mol. The lowest BCUT2D eigenvalue weighted by molar-refractivity contribution is -0.127. The molecule has 3 nitrogen and oxygen atoms in total. The van der Waals surface area contributed by atoms with E-state index in [1.54, 1.807) is 4.90 Å². The minimum absolute atomic E-state index is 0.0213. The van der Waals surface area contributed by atoms with Crippen molar-refractivity contribution in [2.45, 2.75) is 39.3 Å². The van der Waals surface area contributed by atoms with Gasteiger partial charge >= 0.3 is 0 Å². The molecule has 68 valence electrons. The first kappa shape index (κ1) is 9.45. The molecule has 2 atom stereocenters. The third-order valence-corrected chi connectivity index (χ3v) is 2.43. The number of hydrogen-bond donors (Lipinski definition) is 0. The summed E-state index contributed by atoms with van der Waals surface area (Å²) in [4.78, 5) is 12.9. The van der Waals surface area contributed by atoms with Gasteiger partial charge in [0.15, 0.2) is 0 Å². The standard InChI is InChI=1S/C8H13NO2S/c1-4-7(10)9-5(2)6(3)11-8(9)12/h5-6H,4H2,1-3H3/t5-,6+/m0/s1. The summed E-state index contributed by atoms with van der Waals surface area (Å²) in [6.07, 6.45) is 0.494. The quantitative estimate of drug-likeness (QED) is 0.580. The van der Waals surface area contributed by atoms with Crippen LogP contribution in [-0.2, 0) is 9.53 Å². The second-order valence-electron chi connectivity index (χ2n) is 2.95. The molecule has 0 aromatic carbocycles. The van der Waals surface area contributed by atoms with Gasteiger partial charge in [0.2, 0.25) is 5.91 Å². The molecule has 12 heavy (non-hydrogen) atoms. The van der Waals surface area contributed by atoms with Gasteiger partial charge in [-0.25, -0.2) is 0 Å². The lowest BCUT2D eigenvalue weighted by Gasteiger charge is -2.17. The van der Waals surface area contributed by atoms with E-state index in [4.69, 9.17) is 17.0 Å². The van der Waals surface area contributed by atoms with Gasteiger partial charge in [-0.05, 0) is 26.1 Å². The van der Waals surface area contributed by atoms with Gasteiger partial charge in [-0.15, -0.1) is 0 Å². The summed E-state index contributed by atoms with van der Waals surface area (Å²) in [5.74, 6) is 0.0388. The van der Waals surface area contributed by atoms with Gasteiger partial charge in [0.1, 0.15) is 6.10 Å². The van der Waals surface area contributed by atoms with Crippen molar-refractivity contribution in [3.8, 4) is 0 Å². The Kier molecular flexibility index (Phi) is 2.67. The fourth-order valence-electron chi connectivity index (χ4n) is 1.19. The molecule has 0 saturated carbocycles. The summed E-state index contributed by atoms with van der Waals surface area (Å²) in [5.41, 5.74) is 0. The van der Waals surface area contributed by atoms with Crippen LogP contribution in [0.15, 0.2) is 0 Å². The highest BCUT2D eigenvalue weighted by Crippen LogP contribution is 2.19. The molecule has 1 aliphatic rings. The van der Waals surface area contributed by atoms with Crippen molar-refractivity contribution in [2.24, 2.45) is 0 Å². The summed E-state index contributed by atoms with van der Waals surface area (Å²) in [5, 5.41) is 0.321. The minimum Gasteiger partial charge on any atom is -0.465 e. The van der Waals surface area contributed by atoms with Gasteiger partial charge in [-0.1, -0.05) is 6.92 Å². The molecule has 0 unspecified atom stereocenters. The minimum atomic E-state index is 0.0213. The van der Waals surface area contributed by atoms with Crippen LogP contribution in [0.5, 0.6) is 0 Å². The van der Waals surface area contributed by atoms with Crippen LogP contribution in [0.4, 0.5) is 0 Å². The van der Waals surface area contributed by atoms with Crippen LogP contribution >= 0.6 is 12.2 Å². The van der Waals surface area contributed by atoms with E-state index in [1.165, 1.54) is 0 Å². The largest absolute Gasteiger partial charge is 0.465 e. The van der Waals surface area contributed by atoms with Crippen LogP contribution in [0, 0.1) is 0 Å². The van der Waals surface area contributed by atoms with Gasteiger partial charge in [0.25, 0.3) is 5.17 Å². The average Bonchev–Trinajstić information content (AvgIpc) is 2.26. The Bertz CT molecular complexity index is 209. The molecule has 1 amide bonds. The van der Waals surface area contributed by atoms with E-state index < -0.39 is 0 Å². The Labute approximate surface area is 77.7 Å². The third-order valence-electron chi connectivity index (χ3n) is 2.14. The molecule has 0 aromatic rings. The smallest absolute Gasteiger partial charge is 0.266 e. The zero-order valence-electron chi connectivity index (χ0n) is 7.53. The van der Waals surface area contributed by atoms with E-state index in [0.29, 0.717) is 11.6 Å². The van der Waals surface area contributed by atoms with Crippen molar-refractivity contribution in [1.29, 1.82) is 0 Å². The number of hydrogen-bond acceptors (Lipinski definition) is 3. The van der Waals surface area contributed by atoms with E-state index in [-0.39, 0.29) is 18.1 Å². The number of carbonyl (C=O) groups is 1. The first-order valence-electron chi connectivity index (χ1n) is 4.10. The van der Waals surface area contributed by atoms with Crippen LogP contribution in [0.1, 0.15) is 27.2 Å². The van der Waals surface area contributed by atoms with Crippen molar-refractivity contribution in [2.75, 3.05) is 0 Å². The van der Waals surface area contributed by atoms with Crippen molar-refractivity contribution >= 4 is 23.3 Å². The highest BCUT2D eigenvalue weighted by atomic mass is 32.1. The van der Waals surface area contributed by atoms with Gasteiger partial charge in [-0.3, -0.25) is 9.69 Å². The molecule has 0 aromatic heterocycles. The van der Waals surface area contributed by atoms with Gasteiger partial charge in [-0.2, -0.15) is 0 Å². The van der Waals surface area contributed by atoms with E-state index in [9.17, 15) is 4.79 Å². The number of amides is 1. The van der Waals surface area contributed by atoms with E-state index in [1.807, 2.05) is 20.8 Å². The summed E-state index contributed by atoms with van der Waals surface area (Å²) in [7, 11) is 0. The molecule has 0 N–H and O–H groups in total. The van der Waals surface area contributed by atoms with Crippen LogP contribution < -0.4 is 0 Å². The van der Waals surface area contributed by atoms with Crippen LogP contribution in [0.3, 0.4) is 0 Å². The summed E-state index contributed by atoms with van der Waals surface area (Å²) >= 11 is 4.92. The predicted molar refractivity (Wildman–Crippen MR) is 49.7 cm³/mol. The maximum atomic E-state index is 11.3. The highest BCUT2D eigenvalue weighted by molar-refractivity contribution is 7.80. The Morgan fingerprint density at radius 2 is 2.25 bits per heavy atom. The van der Waals surface area contributed by atoms with Crippen LogP contribution in [0.25, 0.3) is 0 Å². The molecule has 1 heterocycles. The maximum absolute atomic E-state index is 11.3. The summed E-state index contributed by atoms with van der Waals surface area (Å²) in [6, 6.07) is 0.0740. The molecule has 1 fully saturated rings. The lowest BCUT2D eigenvalue weighted by Crippen LogP contribution is -2.38. The third kappa shape index (κ3) is 1.43. The second kappa shape index (κ2) is 3.39. The van der Waals surface area contributed by atoms with Gasteiger partial charge < -0.3 is 4.74 Å². The Hall–Kier alpha value is -0.640. The van der Waals surface area contributed by atoms with Crippen molar-refractivity contribution < 1.29 is 9.53 Å². The Morgan fingerprint density at radius 1 is 1.67 bits per heavy atom. The van der Waals surface area contributed by atoms with E-state index in [0.717, 1.165) is 0 Å². The van der Waals surface area contributed by atoms with Crippen LogP contribution in [0.2, 0.25) is 0 Å². The Balaban J connectivity index is 2.76. The van der Waals surface area contributed by atoms with Gasteiger partial charge in [0.05, 0.1) is 6.04 Å². The first-order valence-corrected chi connectivity index (χ1v) is 4.51. The number of thiocarbonyl (C=S) groups is 1. The zero-order chi connectivity index (χ0) is 9.30. The SMILES string of the molecule is CCC(=O)N1C(=S)O[C@H](C)[C@@H]1C. The fraction of sp³-hybridized carbons (Fsp3) is 0.750. The number of rotatable bonds is 1. The summed E-state index contributed by atoms with van der Waals surface area (Å²) in [6.45, 7) is 5.68. The molecular weight excluding hydrogens is 174 g/mol. The van der Waals surface area contributed by atoms with Crippen LogP contribution in [-0.4, -0.2) is 28.1 Å². The van der Waals surface area contributed by atoms with E-state index >= 15 is 0 Å². The molecular formula is C8H13NO2S. The highest BCUT2D eigenvalue weighted by Gasteiger charge is 2.36. The molecule has 0 aliphatic carbocycles. The first-order chi connectivity index (χ1) is 5.57. The van der Waals surface area contributed by atoms with Gasteiger partial charge in [0, 0.05) is 6.42 Å². The fourth-order valence-corrected chi connectivity index (χ4v) is 1.61.